The van der Waals surface area contributed by atoms with Gasteiger partial charge in [-0.3, -0.25) is 4.99 Å². The van der Waals surface area contributed by atoms with Gasteiger partial charge in [-0.05, 0) is 36.7 Å². The smallest absolute Gasteiger partial charge is 0.192 e. The number of aliphatic imine (C=N–C) groups is 1. The molecule has 15 heavy (non-hydrogen) atoms. The molecule has 88 valence electrons. The van der Waals surface area contributed by atoms with Crippen LogP contribution in [0.5, 0.6) is 0 Å². The number of hydrogen-bond donors (Lipinski definition) is 0. The second-order valence-electron chi connectivity index (χ2n) is 6.18. The quantitative estimate of drug-likeness (QED) is 0.676. The Balaban J connectivity index is 2.46. The minimum atomic E-state index is -1.58. The Bertz CT molecular complexity index is 242. The van der Waals surface area contributed by atoms with Gasteiger partial charge in [0.1, 0.15) is 0 Å². The lowest BCUT2D eigenvalue weighted by atomic mass is 10.0. The normalized spacial score (nSPS) is 27.3. The van der Waals surface area contributed by atoms with E-state index < -0.39 is 8.32 Å². The molecule has 0 aromatic heterocycles. The molecular weight excluding hydrogens is 202 g/mol. The average Bonchev–Trinajstić information content (AvgIpc) is 2.46. The first-order valence-electron chi connectivity index (χ1n) is 5.89. The lowest BCUT2D eigenvalue weighted by Crippen LogP contribution is -2.42. The van der Waals surface area contributed by atoms with Crippen molar-refractivity contribution < 1.29 is 4.43 Å². The van der Waals surface area contributed by atoms with Crippen molar-refractivity contribution in [3.63, 3.8) is 0 Å². The van der Waals surface area contributed by atoms with E-state index in [-0.39, 0.29) is 0 Å². The standard InChI is InChI=1S/C12H25NOSi/c1-10-7-8-13-11(10)9-14-15(5,6)12(2,3)4/h8,10-11H,7,9H2,1-6H3/t10-,11+/m0/s1. The maximum Gasteiger partial charge on any atom is 0.192 e. The molecule has 0 aliphatic carbocycles. The van der Waals surface area contributed by atoms with Gasteiger partial charge in [-0.1, -0.05) is 27.7 Å². The highest BCUT2D eigenvalue weighted by molar-refractivity contribution is 6.74. The largest absolute Gasteiger partial charge is 0.415 e. The van der Waals surface area contributed by atoms with Gasteiger partial charge in [0.05, 0.1) is 12.6 Å². The molecule has 0 fully saturated rings. The highest BCUT2D eigenvalue weighted by atomic mass is 28.4. The van der Waals surface area contributed by atoms with Crippen molar-refractivity contribution >= 4 is 14.5 Å². The van der Waals surface area contributed by atoms with Crippen LogP contribution in [-0.2, 0) is 4.43 Å². The molecule has 0 N–H and O–H groups in total. The van der Waals surface area contributed by atoms with E-state index in [1.807, 2.05) is 6.21 Å². The topological polar surface area (TPSA) is 21.6 Å². The molecule has 2 nitrogen and oxygen atoms in total. The summed E-state index contributed by atoms with van der Waals surface area (Å²) in [6, 6.07) is 0.402. The molecule has 0 unspecified atom stereocenters. The summed E-state index contributed by atoms with van der Waals surface area (Å²) in [5.74, 6) is 0.662. The SMILES string of the molecule is C[C@H]1CC=N[C@@H]1CO[Si](C)(C)C(C)(C)C. The zero-order valence-corrected chi connectivity index (χ0v) is 12.0. The van der Waals surface area contributed by atoms with E-state index in [2.05, 4.69) is 45.8 Å². The third-order valence-electron chi connectivity index (χ3n) is 3.85. The Morgan fingerprint density at radius 1 is 1.40 bits per heavy atom. The molecule has 0 saturated heterocycles. The van der Waals surface area contributed by atoms with E-state index in [0.717, 1.165) is 13.0 Å². The first kappa shape index (κ1) is 12.9. The number of nitrogens with zero attached hydrogens (tertiary/aromatic N) is 1. The van der Waals surface area contributed by atoms with E-state index in [1.165, 1.54) is 0 Å². The van der Waals surface area contributed by atoms with E-state index in [9.17, 15) is 0 Å². The van der Waals surface area contributed by atoms with Crippen LogP contribution in [-0.4, -0.2) is 27.2 Å². The number of rotatable bonds is 3. The van der Waals surface area contributed by atoms with Gasteiger partial charge in [0.2, 0.25) is 0 Å². The zero-order chi connectivity index (χ0) is 11.7. The van der Waals surface area contributed by atoms with Crippen LogP contribution in [0.3, 0.4) is 0 Å². The molecule has 1 rings (SSSR count). The van der Waals surface area contributed by atoms with Crippen LogP contribution in [0.15, 0.2) is 4.99 Å². The molecule has 0 aromatic rings. The van der Waals surface area contributed by atoms with Gasteiger partial charge >= 0.3 is 0 Å². The van der Waals surface area contributed by atoms with Crippen molar-refractivity contribution in [2.24, 2.45) is 10.9 Å². The maximum atomic E-state index is 6.17. The van der Waals surface area contributed by atoms with E-state index >= 15 is 0 Å². The maximum absolute atomic E-state index is 6.17. The van der Waals surface area contributed by atoms with Crippen molar-refractivity contribution in [1.82, 2.24) is 0 Å². The highest BCUT2D eigenvalue weighted by Gasteiger charge is 2.38. The molecule has 0 spiro atoms. The summed E-state index contributed by atoms with van der Waals surface area (Å²) in [7, 11) is -1.58. The molecule has 0 saturated carbocycles. The van der Waals surface area contributed by atoms with Crippen molar-refractivity contribution in [3.05, 3.63) is 0 Å². The summed E-state index contributed by atoms with van der Waals surface area (Å²) in [5.41, 5.74) is 0. The first-order valence-corrected chi connectivity index (χ1v) is 8.80. The molecule has 3 heteroatoms. The van der Waals surface area contributed by atoms with Crippen LogP contribution in [0.25, 0.3) is 0 Å². The van der Waals surface area contributed by atoms with E-state index in [1.54, 1.807) is 0 Å². The Morgan fingerprint density at radius 3 is 2.40 bits per heavy atom. The van der Waals surface area contributed by atoms with Crippen LogP contribution >= 0.6 is 0 Å². The molecule has 1 aliphatic heterocycles. The average molecular weight is 227 g/mol. The lowest BCUT2D eigenvalue weighted by Gasteiger charge is -2.37. The van der Waals surface area contributed by atoms with E-state index in [0.29, 0.717) is 17.0 Å². The number of hydrogen-bond acceptors (Lipinski definition) is 2. The van der Waals surface area contributed by atoms with Gasteiger partial charge in [-0.25, -0.2) is 0 Å². The first-order chi connectivity index (χ1) is 6.74. The summed E-state index contributed by atoms with van der Waals surface area (Å²) in [5, 5.41) is 0.304. The van der Waals surface area contributed by atoms with Crippen LogP contribution < -0.4 is 0 Å². The van der Waals surface area contributed by atoms with Crippen LogP contribution in [0.4, 0.5) is 0 Å². The molecule has 0 radical (unpaired) electrons. The van der Waals surface area contributed by atoms with Crippen molar-refractivity contribution in [2.45, 2.75) is 58.3 Å². The monoisotopic (exact) mass is 227 g/mol. The van der Waals surface area contributed by atoms with Crippen LogP contribution in [0.1, 0.15) is 34.1 Å². The minimum Gasteiger partial charge on any atom is -0.415 e. The van der Waals surface area contributed by atoms with Crippen molar-refractivity contribution in [2.75, 3.05) is 6.61 Å². The summed E-state index contributed by atoms with van der Waals surface area (Å²) in [6.45, 7) is 14.5. The third kappa shape index (κ3) is 3.15. The van der Waals surface area contributed by atoms with Crippen LogP contribution in [0.2, 0.25) is 18.1 Å². The van der Waals surface area contributed by atoms with Crippen molar-refractivity contribution in [3.8, 4) is 0 Å². The Labute approximate surface area is 95.3 Å². The van der Waals surface area contributed by atoms with Gasteiger partial charge in [0.25, 0.3) is 0 Å². The predicted octanol–water partition coefficient (Wildman–Crippen LogP) is 3.49. The molecule has 2 atom stereocenters. The van der Waals surface area contributed by atoms with Gasteiger partial charge in [-0.2, -0.15) is 0 Å². The zero-order valence-electron chi connectivity index (χ0n) is 11.0. The Kier molecular flexibility index (Phi) is 3.77. The fourth-order valence-electron chi connectivity index (χ4n) is 1.38. The van der Waals surface area contributed by atoms with Crippen LogP contribution in [0, 0.1) is 5.92 Å². The van der Waals surface area contributed by atoms with Gasteiger partial charge < -0.3 is 4.43 Å². The third-order valence-corrected chi connectivity index (χ3v) is 8.35. The summed E-state index contributed by atoms with van der Waals surface area (Å²) < 4.78 is 6.17. The fraction of sp³-hybridized carbons (Fsp3) is 0.917. The van der Waals surface area contributed by atoms with Gasteiger partial charge in [-0.15, -0.1) is 0 Å². The molecular formula is C12H25NOSi. The summed E-state index contributed by atoms with van der Waals surface area (Å²) in [4.78, 5) is 4.47. The Hall–Kier alpha value is -0.153. The molecule has 0 bridgehead atoms. The molecule has 1 heterocycles. The predicted molar refractivity (Wildman–Crippen MR) is 69.2 cm³/mol. The Morgan fingerprint density at radius 2 is 2.00 bits per heavy atom. The summed E-state index contributed by atoms with van der Waals surface area (Å²) in [6.07, 6.45) is 3.16. The van der Waals surface area contributed by atoms with Crippen molar-refractivity contribution in [1.29, 1.82) is 0 Å². The highest BCUT2D eigenvalue weighted by Crippen LogP contribution is 2.37. The second kappa shape index (κ2) is 4.38. The minimum absolute atomic E-state index is 0.304. The second-order valence-corrected chi connectivity index (χ2v) is 11.0. The van der Waals surface area contributed by atoms with E-state index in [4.69, 9.17) is 4.43 Å². The molecule has 0 aromatic carbocycles. The molecule has 1 aliphatic rings. The summed E-state index contributed by atoms with van der Waals surface area (Å²) >= 11 is 0. The van der Waals surface area contributed by atoms with Gasteiger partial charge in [0.15, 0.2) is 8.32 Å². The molecule has 0 amide bonds. The van der Waals surface area contributed by atoms with Gasteiger partial charge in [0, 0.05) is 0 Å². The fourth-order valence-corrected chi connectivity index (χ4v) is 2.40. The lowest BCUT2D eigenvalue weighted by molar-refractivity contribution is 0.242.